The number of nitrogens with zero attached hydrogens (tertiary/aromatic N) is 3. The van der Waals surface area contributed by atoms with Gasteiger partial charge in [0.25, 0.3) is 0 Å². The Morgan fingerprint density at radius 2 is 1.18 bits per heavy atom. The normalized spacial score (nSPS) is 12.0. The molecule has 0 aliphatic heterocycles. The molecular formula is C41H25N3O. The molecule has 210 valence electrons. The SMILES string of the molecule is c1ccc2cc(-n3c(-c4ccc(-n5c6ccccc6c6c7oc8ccccc8c7ccc65)cc4)nc4ccccc43)ccc2c1. The first-order valence-electron chi connectivity index (χ1n) is 15.2. The Bertz CT molecular complexity index is 2760. The molecule has 7 aromatic carbocycles. The average molecular weight is 576 g/mol. The zero-order chi connectivity index (χ0) is 29.5. The lowest BCUT2D eigenvalue weighted by molar-refractivity contribution is 0.673. The van der Waals surface area contributed by atoms with E-state index in [4.69, 9.17) is 9.40 Å². The minimum Gasteiger partial charge on any atom is -0.455 e. The molecule has 0 fully saturated rings. The van der Waals surface area contributed by atoms with Crippen LogP contribution < -0.4 is 0 Å². The second kappa shape index (κ2) is 9.18. The van der Waals surface area contributed by atoms with Crippen molar-refractivity contribution in [2.45, 2.75) is 0 Å². The lowest BCUT2D eigenvalue weighted by Gasteiger charge is -2.12. The van der Waals surface area contributed by atoms with Crippen LogP contribution in [-0.4, -0.2) is 14.1 Å². The van der Waals surface area contributed by atoms with E-state index in [2.05, 4.69) is 143 Å². The first-order chi connectivity index (χ1) is 22.3. The standard InChI is InChI=1S/C41H25N3O/c1-2-10-28-25-30(22-17-26(28)9-1)44-36-15-7-5-13-34(36)42-41(44)27-18-20-29(21-19-27)43-35-14-6-3-12-33(35)39-37(43)24-23-32-31-11-4-8-16-38(31)45-40(32)39/h1-25H. The fraction of sp³-hybridized carbons (Fsp3) is 0. The topological polar surface area (TPSA) is 35.9 Å². The molecule has 4 heteroatoms. The number of imidazole rings is 1. The Hall–Kier alpha value is -6.13. The van der Waals surface area contributed by atoms with Crippen LogP contribution in [0, 0.1) is 0 Å². The van der Waals surface area contributed by atoms with Gasteiger partial charge in [-0.05, 0) is 83.6 Å². The maximum absolute atomic E-state index is 6.49. The quantitative estimate of drug-likeness (QED) is 0.210. The smallest absolute Gasteiger partial charge is 0.145 e. The van der Waals surface area contributed by atoms with Gasteiger partial charge in [0.1, 0.15) is 17.0 Å². The van der Waals surface area contributed by atoms with Crippen LogP contribution in [0.2, 0.25) is 0 Å². The van der Waals surface area contributed by atoms with E-state index in [1.807, 2.05) is 18.2 Å². The second-order valence-corrected chi connectivity index (χ2v) is 11.6. The van der Waals surface area contributed by atoms with Gasteiger partial charge in [-0.3, -0.25) is 4.57 Å². The lowest BCUT2D eigenvalue weighted by Crippen LogP contribution is -1.98. The molecule has 0 unspecified atom stereocenters. The van der Waals surface area contributed by atoms with Gasteiger partial charge in [0, 0.05) is 33.1 Å². The molecule has 4 nitrogen and oxygen atoms in total. The van der Waals surface area contributed by atoms with Crippen molar-refractivity contribution in [3.63, 3.8) is 0 Å². The summed E-state index contributed by atoms with van der Waals surface area (Å²) < 4.78 is 11.1. The summed E-state index contributed by atoms with van der Waals surface area (Å²) in [7, 11) is 0. The van der Waals surface area contributed by atoms with Gasteiger partial charge in [0.05, 0.1) is 27.5 Å². The van der Waals surface area contributed by atoms with Crippen molar-refractivity contribution in [1.82, 2.24) is 14.1 Å². The predicted octanol–water partition coefficient (Wildman–Crippen LogP) is 10.8. The van der Waals surface area contributed by atoms with E-state index >= 15 is 0 Å². The van der Waals surface area contributed by atoms with Crippen LogP contribution in [0.4, 0.5) is 0 Å². The van der Waals surface area contributed by atoms with E-state index in [0.29, 0.717) is 0 Å². The van der Waals surface area contributed by atoms with Gasteiger partial charge in [-0.25, -0.2) is 4.98 Å². The number of rotatable bonds is 3. The first-order valence-corrected chi connectivity index (χ1v) is 15.2. The molecule has 0 atom stereocenters. The number of para-hydroxylation sites is 4. The number of fused-ring (bicyclic) bond motifs is 9. The maximum Gasteiger partial charge on any atom is 0.145 e. The summed E-state index contributed by atoms with van der Waals surface area (Å²) >= 11 is 0. The maximum atomic E-state index is 6.49. The summed E-state index contributed by atoms with van der Waals surface area (Å²) in [6.07, 6.45) is 0. The van der Waals surface area contributed by atoms with Crippen LogP contribution in [-0.2, 0) is 0 Å². The third kappa shape index (κ3) is 3.51. The molecule has 0 radical (unpaired) electrons. The summed E-state index contributed by atoms with van der Waals surface area (Å²) in [4.78, 5) is 5.13. The summed E-state index contributed by atoms with van der Waals surface area (Å²) in [5.41, 5.74) is 9.43. The van der Waals surface area contributed by atoms with Gasteiger partial charge >= 0.3 is 0 Å². The van der Waals surface area contributed by atoms with Gasteiger partial charge in [-0.15, -0.1) is 0 Å². The zero-order valence-electron chi connectivity index (χ0n) is 24.2. The number of aromatic nitrogens is 3. The largest absolute Gasteiger partial charge is 0.455 e. The Morgan fingerprint density at radius 3 is 2.07 bits per heavy atom. The summed E-state index contributed by atoms with van der Waals surface area (Å²) in [5.74, 6) is 0.921. The average Bonchev–Trinajstić information content (AvgIpc) is 3.78. The third-order valence-corrected chi connectivity index (χ3v) is 9.12. The highest BCUT2D eigenvalue weighted by atomic mass is 16.3. The number of hydrogen-bond donors (Lipinski definition) is 0. The molecule has 0 spiro atoms. The molecule has 0 aliphatic rings. The first kappa shape index (κ1) is 24.3. The number of furan rings is 1. The minimum atomic E-state index is 0.912. The zero-order valence-corrected chi connectivity index (χ0v) is 24.2. The number of hydrogen-bond acceptors (Lipinski definition) is 2. The monoisotopic (exact) mass is 575 g/mol. The minimum absolute atomic E-state index is 0.912. The molecule has 10 aromatic rings. The van der Waals surface area contributed by atoms with Crippen LogP contribution in [0.1, 0.15) is 0 Å². The van der Waals surface area contributed by atoms with Gasteiger partial charge in [0.15, 0.2) is 0 Å². The van der Waals surface area contributed by atoms with Gasteiger partial charge in [-0.1, -0.05) is 78.9 Å². The Kier molecular flexibility index (Phi) is 4.96. The molecule has 45 heavy (non-hydrogen) atoms. The fourth-order valence-corrected chi connectivity index (χ4v) is 7.07. The van der Waals surface area contributed by atoms with Crippen LogP contribution in [0.3, 0.4) is 0 Å². The van der Waals surface area contributed by atoms with Crippen molar-refractivity contribution in [2.75, 3.05) is 0 Å². The summed E-state index contributed by atoms with van der Waals surface area (Å²) in [5, 5.41) is 7.04. The molecule has 0 bridgehead atoms. The summed E-state index contributed by atoms with van der Waals surface area (Å²) in [6.45, 7) is 0. The molecule has 0 amide bonds. The van der Waals surface area contributed by atoms with Crippen molar-refractivity contribution >= 4 is 65.6 Å². The Morgan fingerprint density at radius 1 is 0.467 bits per heavy atom. The van der Waals surface area contributed by atoms with Gasteiger partial charge in [-0.2, -0.15) is 0 Å². The van der Waals surface area contributed by atoms with E-state index in [0.717, 1.165) is 72.2 Å². The molecule has 0 aliphatic carbocycles. The molecule has 0 saturated heterocycles. The lowest BCUT2D eigenvalue weighted by atomic mass is 10.1. The number of benzene rings is 7. The highest BCUT2D eigenvalue weighted by Gasteiger charge is 2.19. The molecule has 10 rings (SSSR count). The van der Waals surface area contributed by atoms with Crippen molar-refractivity contribution < 1.29 is 4.42 Å². The van der Waals surface area contributed by atoms with E-state index in [-0.39, 0.29) is 0 Å². The Labute approximate surface area is 258 Å². The molecule has 3 aromatic heterocycles. The molecule has 0 N–H and O–H groups in total. The highest BCUT2D eigenvalue weighted by molar-refractivity contribution is 6.23. The third-order valence-electron chi connectivity index (χ3n) is 9.12. The van der Waals surface area contributed by atoms with Crippen LogP contribution >= 0.6 is 0 Å². The fourth-order valence-electron chi connectivity index (χ4n) is 7.07. The van der Waals surface area contributed by atoms with Gasteiger partial charge in [0.2, 0.25) is 0 Å². The van der Waals surface area contributed by atoms with Crippen LogP contribution in [0.15, 0.2) is 156 Å². The Balaban J connectivity index is 1.17. The van der Waals surface area contributed by atoms with Crippen LogP contribution in [0.5, 0.6) is 0 Å². The van der Waals surface area contributed by atoms with E-state index in [1.165, 1.54) is 16.2 Å². The van der Waals surface area contributed by atoms with E-state index < -0.39 is 0 Å². The van der Waals surface area contributed by atoms with Gasteiger partial charge < -0.3 is 8.98 Å². The predicted molar refractivity (Wildman–Crippen MR) is 186 cm³/mol. The van der Waals surface area contributed by atoms with Crippen molar-refractivity contribution in [3.8, 4) is 22.8 Å². The second-order valence-electron chi connectivity index (χ2n) is 11.6. The molecular weight excluding hydrogens is 550 g/mol. The summed E-state index contributed by atoms with van der Waals surface area (Å²) in [6, 6.07) is 53.5. The molecule has 0 saturated carbocycles. The highest BCUT2D eigenvalue weighted by Crippen LogP contribution is 2.40. The van der Waals surface area contributed by atoms with E-state index in [9.17, 15) is 0 Å². The van der Waals surface area contributed by atoms with Crippen molar-refractivity contribution in [2.24, 2.45) is 0 Å². The molecule has 3 heterocycles. The van der Waals surface area contributed by atoms with Crippen molar-refractivity contribution in [3.05, 3.63) is 152 Å². The van der Waals surface area contributed by atoms with Crippen LogP contribution in [0.25, 0.3) is 88.3 Å². The van der Waals surface area contributed by atoms with E-state index in [1.54, 1.807) is 0 Å². The van der Waals surface area contributed by atoms with Crippen molar-refractivity contribution in [1.29, 1.82) is 0 Å².